The molecule has 1 N–H and O–H groups in total. The number of halogens is 1. The van der Waals surface area contributed by atoms with Gasteiger partial charge in [0.25, 0.3) is 0 Å². The molecule has 0 spiro atoms. The van der Waals surface area contributed by atoms with Crippen LogP contribution in [0, 0.1) is 20.8 Å². The van der Waals surface area contributed by atoms with Crippen molar-refractivity contribution in [2.75, 3.05) is 5.75 Å². The first-order chi connectivity index (χ1) is 11.4. The molecule has 0 heterocycles. The molecule has 0 aliphatic rings. The maximum Gasteiger partial charge on any atom is 0.230 e. The number of aryl methyl sites for hydroxylation is 3. The molecule has 0 fully saturated rings. The maximum atomic E-state index is 12.2. The highest BCUT2D eigenvalue weighted by Crippen LogP contribution is 2.22. The van der Waals surface area contributed by atoms with Crippen LogP contribution in [0.4, 0.5) is 0 Å². The van der Waals surface area contributed by atoms with Crippen LogP contribution in [0.5, 0.6) is 0 Å². The molecular weight excluding hydrogens is 338 g/mol. The van der Waals surface area contributed by atoms with Gasteiger partial charge in [0.2, 0.25) is 5.91 Å². The number of hydrogen-bond donors (Lipinski definition) is 1. The van der Waals surface area contributed by atoms with E-state index < -0.39 is 0 Å². The lowest BCUT2D eigenvalue weighted by atomic mass is 9.96. The van der Waals surface area contributed by atoms with Gasteiger partial charge in [-0.15, -0.1) is 11.8 Å². The zero-order valence-electron chi connectivity index (χ0n) is 14.7. The fourth-order valence-corrected chi connectivity index (χ4v) is 3.58. The molecule has 1 unspecified atom stereocenters. The Bertz CT molecular complexity index is 712. The quantitative estimate of drug-likeness (QED) is 0.748. The largest absolute Gasteiger partial charge is 0.349 e. The average Bonchev–Trinajstić information content (AvgIpc) is 2.52. The number of nitrogens with one attached hydrogen (secondary N) is 1. The van der Waals surface area contributed by atoms with Crippen molar-refractivity contribution in [1.82, 2.24) is 5.32 Å². The van der Waals surface area contributed by atoms with Gasteiger partial charge in [-0.25, -0.2) is 0 Å². The highest BCUT2D eigenvalue weighted by Gasteiger charge is 2.13. The van der Waals surface area contributed by atoms with Crippen LogP contribution in [0.2, 0.25) is 5.02 Å². The van der Waals surface area contributed by atoms with E-state index in [1.165, 1.54) is 27.8 Å². The van der Waals surface area contributed by atoms with Crippen molar-refractivity contribution in [2.45, 2.75) is 39.5 Å². The molecule has 128 valence electrons. The summed E-state index contributed by atoms with van der Waals surface area (Å²) in [5.41, 5.74) is 6.13. The summed E-state index contributed by atoms with van der Waals surface area (Å²) in [6, 6.07) is 12.1. The van der Waals surface area contributed by atoms with Crippen molar-refractivity contribution in [3.63, 3.8) is 0 Å². The number of hydrogen-bond acceptors (Lipinski definition) is 2. The Morgan fingerprint density at radius 1 is 1.08 bits per heavy atom. The average molecular weight is 362 g/mol. The van der Waals surface area contributed by atoms with E-state index in [4.69, 9.17) is 11.6 Å². The standard InChI is InChI=1S/C20H24ClNOS/c1-13-9-15(3)19(10-14(13)2)16(4)22-20(23)12-24-11-17-5-7-18(21)8-6-17/h5-10,16H,11-12H2,1-4H3,(H,22,23). The van der Waals surface area contributed by atoms with E-state index in [0.717, 1.165) is 10.8 Å². The third kappa shape index (κ3) is 5.29. The SMILES string of the molecule is Cc1cc(C)c(C(C)NC(=O)CSCc2ccc(Cl)cc2)cc1C. The molecule has 2 aromatic rings. The molecule has 0 saturated carbocycles. The van der Waals surface area contributed by atoms with Gasteiger partial charge in [0.1, 0.15) is 0 Å². The Hall–Kier alpha value is -1.45. The number of benzene rings is 2. The van der Waals surface area contributed by atoms with Crippen LogP contribution >= 0.6 is 23.4 Å². The fraction of sp³-hybridized carbons (Fsp3) is 0.350. The van der Waals surface area contributed by atoms with E-state index in [-0.39, 0.29) is 11.9 Å². The highest BCUT2D eigenvalue weighted by molar-refractivity contribution is 7.99. The Balaban J connectivity index is 1.85. The predicted octanol–water partition coefficient (Wildman–Crippen LogP) is 5.38. The molecule has 0 aliphatic carbocycles. The van der Waals surface area contributed by atoms with Crippen molar-refractivity contribution >= 4 is 29.3 Å². The zero-order valence-corrected chi connectivity index (χ0v) is 16.2. The smallest absolute Gasteiger partial charge is 0.230 e. The molecule has 1 amide bonds. The first kappa shape index (κ1) is 18.9. The Labute approximate surface area is 154 Å². The van der Waals surface area contributed by atoms with E-state index in [9.17, 15) is 4.79 Å². The van der Waals surface area contributed by atoms with Crippen molar-refractivity contribution in [1.29, 1.82) is 0 Å². The maximum absolute atomic E-state index is 12.2. The second kappa shape index (κ2) is 8.59. The summed E-state index contributed by atoms with van der Waals surface area (Å²) in [5.74, 6) is 1.33. The second-order valence-corrected chi connectivity index (χ2v) is 7.62. The van der Waals surface area contributed by atoms with Crippen molar-refractivity contribution in [2.24, 2.45) is 0 Å². The third-order valence-electron chi connectivity index (χ3n) is 4.14. The number of amides is 1. The summed E-state index contributed by atoms with van der Waals surface area (Å²) in [7, 11) is 0. The topological polar surface area (TPSA) is 29.1 Å². The number of rotatable bonds is 6. The molecule has 0 radical (unpaired) electrons. The Morgan fingerprint density at radius 3 is 2.38 bits per heavy atom. The van der Waals surface area contributed by atoms with Crippen molar-refractivity contribution < 1.29 is 4.79 Å². The van der Waals surface area contributed by atoms with E-state index in [1.54, 1.807) is 11.8 Å². The molecule has 0 aliphatic heterocycles. The van der Waals surface area contributed by atoms with Gasteiger partial charge < -0.3 is 5.32 Å². The first-order valence-electron chi connectivity index (χ1n) is 8.06. The van der Waals surface area contributed by atoms with Crippen LogP contribution < -0.4 is 5.32 Å². The van der Waals surface area contributed by atoms with Gasteiger partial charge in [0, 0.05) is 10.8 Å². The molecule has 2 rings (SSSR count). The van der Waals surface area contributed by atoms with E-state index >= 15 is 0 Å². The summed E-state index contributed by atoms with van der Waals surface area (Å²) in [6.45, 7) is 8.36. The normalized spacial score (nSPS) is 12.0. The Kier molecular flexibility index (Phi) is 6.76. The van der Waals surface area contributed by atoms with Gasteiger partial charge in [0.15, 0.2) is 0 Å². The summed E-state index contributed by atoms with van der Waals surface area (Å²) in [5, 5.41) is 3.83. The lowest BCUT2D eigenvalue weighted by Gasteiger charge is -2.18. The van der Waals surface area contributed by atoms with E-state index in [1.807, 2.05) is 31.2 Å². The van der Waals surface area contributed by atoms with Crippen LogP contribution in [0.15, 0.2) is 36.4 Å². The molecule has 0 aromatic heterocycles. The molecule has 0 saturated heterocycles. The minimum atomic E-state index is 0.0212. The first-order valence-corrected chi connectivity index (χ1v) is 9.59. The minimum absolute atomic E-state index is 0.0212. The molecule has 1 atom stereocenters. The van der Waals surface area contributed by atoms with Crippen LogP contribution in [0.1, 0.15) is 40.8 Å². The summed E-state index contributed by atoms with van der Waals surface area (Å²) in [4.78, 5) is 12.2. The van der Waals surface area contributed by atoms with Crippen LogP contribution in [-0.2, 0) is 10.5 Å². The van der Waals surface area contributed by atoms with Crippen molar-refractivity contribution in [3.8, 4) is 0 Å². The summed E-state index contributed by atoms with van der Waals surface area (Å²) < 4.78 is 0. The lowest BCUT2D eigenvalue weighted by Crippen LogP contribution is -2.28. The third-order valence-corrected chi connectivity index (χ3v) is 5.40. The number of carbonyl (C=O) groups is 1. The van der Waals surface area contributed by atoms with E-state index in [0.29, 0.717) is 5.75 Å². The van der Waals surface area contributed by atoms with Gasteiger partial charge in [0.05, 0.1) is 11.8 Å². The fourth-order valence-electron chi connectivity index (χ4n) is 2.65. The molecule has 24 heavy (non-hydrogen) atoms. The van der Waals surface area contributed by atoms with Gasteiger partial charge in [-0.05, 0) is 67.6 Å². The predicted molar refractivity (Wildman–Crippen MR) is 105 cm³/mol. The highest BCUT2D eigenvalue weighted by atomic mass is 35.5. The number of thioether (sulfide) groups is 1. The zero-order chi connectivity index (χ0) is 17.7. The van der Waals surface area contributed by atoms with Crippen LogP contribution in [0.25, 0.3) is 0 Å². The molecule has 4 heteroatoms. The molecule has 2 aromatic carbocycles. The van der Waals surface area contributed by atoms with Gasteiger partial charge >= 0.3 is 0 Å². The molecule has 0 bridgehead atoms. The number of carbonyl (C=O) groups excluding carboxylic acids is 1. The van der Waals surface area contributed by atoms with Crippen molar-refractivity contribution in [3.05, 3.63) is 69.2 Å². The monoisotopic (exact) mass is 361 g/mol. The lowest BCUT2D eigenvalue weighted by molar-refractivity contribution is -0.119. The van der Waals surface area contributed by atoms with Crippen LogP contribution in [-0.4, -0.2) is 11.7 Å². The van der Waals surface area contributed by atoms with Gasteiger partial charge in [-0.1, -0.05) is 35.9 Å². The molecular formula is C20H24ClNOS. The Morgan fingerprint density at radius 2 is 1.71 bits per heavy atom. The van der Waals surface area contributed by atoms with Gasteiger partial charge in [-0.3, -0.25) is 4.79 Å². The molecule has 2 nitrogen and oxygen atoms in total. The minimum Gasteiger partial charge on any atom is -0.349 e. The van der Waals surface area contributed by atoms with E-state index in [2.05, 4.69) is 38.2 Å². The van der Waals surface area contributed by atoms with Gasteiger partial charge in [-0.2, -0.15) is 0 Å². The second-order valence-electron chi connectivity index (χ2n) is 6.20. The summed E-state index contributed by atoms with van der Waals surface area (Å²) in [6.07, 6.45) is 0. The van der Waals surface area contributed by atoms with Crippen LogP contribution in [0.3, 0.4) is 0 Å². The summed E-state index contributed by atoms with van der Waals surface area (Å²) >= 11 is 7.49.